The molecule has 1 aromatic heterocycles. The van der Waals surface area contributed by atoms with Gasteiger partial charge in [0.1, 0.15) is 18.2 Å². The SMILES string of the molecule is COCCOc1cccc(CNc2ccc(Br)cn2)c1. The molecule has 0 amide bonds. The maximum atomic E-state index is 5.58. The lowest BCUT2D eigenvalue weighted by atomic mass is 10.2. The van der Waals surface area contributed by atoms with Gasteiger partial charge < -0.3 is 14.8 Å². The minimum Gasteiger partial charge on any atom is -0.491 e. The molecule has 0 radical (unpaired) electrons. The van der Waals surface area contributed by atoms with Gasteiger partial charge in [-0.2, -0.15) is 0 Å². The van der Waals surface area contributed by atoms with Crippen molar-refractivity contribution in [2.45, 2.75) is 6.54 Å². The molecule has 4 nitrogen and oxygen atoms in total. The average molecular weight is 337 g/mol. The van der Waals surface area contributed by atoms with E-state index in [1.165, 1.54) is 0 Å². The van der Waals surface area contributed by atoms with Gasteiger partial charge in [-0.3, -0.25) is 0 Å². The molecule has 20 heavy (non-hydrogen) atoms. The van der Waals surface area contributed by atoms with Gasteiger partial charge >= 0.3 is 0 Å². The fourth-order valence-electron chi connectivity index (χ4n) is 1.66. The van der Waals surface area contributed by atoms with Crippen molar-refractivity contribution < 1.29 is 9.47 Å². The van der Waals surface area contributed by atoms with Crippen LogP contribution in [0.5, 0.6) is 5.75 Å². The summed E-state index contributed by atoms with van der Waals surface area (Å²) in [6.45, 7) is 1.85. The molecule has 0 fully saturated rings. The fraction of sp³-hybridized carbons (Fsp3) is 0.267. The molecule has 0 unspecified atom stereocenters. The van der Waals surface area contributed by atoms with Crippen LogP contribution in [0.3, 0.4) is 0 Å². The van der Waals surface area contributed by atoms with Crippen molar-refractivity contribution in [3.63, 3.8) is 0 Å². The third kappa shape index (κ3) is 4.83. The molecule has 0 bridgehead atoms. The van der Waals surface area contributed by atoms with Gasteiger partial charge in [0.2, 0.25) is 0 Å². The highest BCUT2D eigenvalue weighted by atomic mass is 79.9. The second-order valence-corrected chi connectivity index (χ2v) is 5.12. The smallest absolute Gasteiger partial charge is 0.126 e. The molecule has 0 aliphatic heterocycles. The zero-order valence-corrected chi connectivity index (χ0v) is 12.9. The van der Waals surface area contributed by atoms with Gasteiger partial charge in [-0.15, -0.1) is 0 Å². The van der Waals surface area contributed by atoms with Crippen LogP contribution in [0.4, 0.5) is 5.82 Å². The number of anilines is 1. The Morgan fingerprint density at radius 1 is 1.20 bits per heavy atom. The third-order valence-electron chi connectivity index (χ3n) is 2.66. The quantitative estimate of drug-likeness (QED) is 0.786. The van der Waals surface area contributed by atoms with E-state index >= 15 is 0 Å². The van der Waals surface area contributed by atoms with Gasteiger partial charge in [0, 0.05) is 24.3 Å². The number of ether oxygens (including phenoxy) is 2. The summed E-state index contributed by atoms with van der Waals surface area (Å²) in [6.07, 6.45) is 1.77. The number of rotatable bonds is 7. The van der Waals surface area contributed by atoms with Crippen molar-refractivity contribution in [2.24, 2.45) is 0 Å². The summed E-state index contributed by atoms with van der Waals surface area (Å²) in [7, 11) is 1.66. The van der Waals surface area contributed by atoms with Crippen molar-refractivity contribution in [3.05, 3.63) is 52.6 Å². The zero-order chi connectivity index (χ0) is 14.2. The first-order valence-electron chi connectivity index (χ1n) is 6.34. The molecule has 106 valence electrons. The average Bonchev–Trinajstić information content (AvgIpc) is 2.47. The van der Waals surface area contributed by atoms with Crippen LogP contribution < -0.4 is 10.1 Å². The molecule has 1 N–H and O–H groups in total. The summed E-state index contributed by atoms with van der Waals surface area (Å²) >= 11 is 3.36. The van der Waals surface area contributed by atoms with Gasteiger partial charge in [0.15, 0.2) is 0 Å². The molecular formula is C15H17BrN2O2. The Labute approximate surface area is 127 Å². The van der Waals surface area contributed by atoms with Gasteiger partial charge in [-0.25, -0.2) is 4.98 Å². The topological polar surface area (TPSA) is 43.4 Å². The largest absolute Gasteiger partial charge is 0.491 e. The number of nitrogens with zero attached hydrogens (tertiary/aromatic N) is 1. The molecule has 2 rings (SSSR count). The molecule has 0 saturated carbocycles. The van der Waals surface area contributed by atoms with Crippen LogP contribution in [0, 0.1) is 0 Å². The maximum absolute atomic E-state index is 5.58. The van der Waals surface area contributed by atoms with Crippen molar-refractivity contribution in [1.29, 1.82) is 0 Å². The maximum Gasteiger partial charge on any atom is 0.126 e. The summed E-state index contributed by atoms with van der Waals surface area (Å²) in [6, 6.07) is 11.9. The Balaban J connectivity index is 1.89. The van der Waals surface area contributed by atoms with Crippen molar-refractivity contribution >= 4 is 21.7 Å². The van der Waals surface area contributed by atoms with E-state index in [-0.39, 0.29) is 0 Å². The predicted molar refractivity (Wildman–Crippen MR) is 83.1 cm³/mol. The van der Waals surface area contributed by atoms with Gasteiger partial charge in [0.05, 0.1) is 6.61 Å². The molecule has 0 atom stereocenters. The van der Waals surface area contributed by atoms with Crippen molar-refractivity contribution in [3.8, 4) is 5.75 Å². The number of pyridine rings is 1. The fourth-order valence-corrected chi connectivity index (χ4v) is 1.90. The minimum absolute atomic E-state index is 0.557. The summed E-state index contributed by atoms with van der Waals surface area (Å²) in [4.78, 5) is 4.27. The van der Waals surface area contributed by atoms with E-state index in [0.717, 1.165) is 21.6 Å². The Morgan fingerprint density at radius 3 is 2.85 bits per heavy atom. The number of hydrogen-bond acceptors (Lipinski definition) is 4. The third-order valence-corrected chi connectivity index (χ3v) is 3.12. The van der Waals surface area contributed by atoms with Crippen LogP contribution in [0.2, 0.25) is 0 Å². The Kier molecular flexibility index (Phi) is 5.83. The zero-order valence-electron chi connectivity index (χ0n) is 11.3. The summed E-state index contributed by atoms with van der Waals surface area (Å²) in [5.41, 5.74) is 1.14. The van der Waals surface area contributed by atoms with Crippen LogP contribution in [0.1, 0.15) is 5.56 Å². The van der Waals surface area contributed by atoms with Gasteiger partial charge in [0.25, 0.3) is 0 Å². The first kappa shape index (κ1) is 14.8. The summed E-state index contributed by atoms with van der Waals surface area (Å²) < 4.78 is 11.5. The second-order valence-electron chi connectivity index (χ2n) is 4.20. The molecule has 1 aromatic carbocycles. The monoisotopic (exact) mass is 336 g/mol. The summed E-state index contributed by atoms with van der Waals surface area (Å²) in [5.74, 6) is 1.70. The van der Waals surface area contributed by atoms with Crippen LogP contribution in [0.15, 0.2) is 47.1 Å². The standard InChI is InChI=1S/C15H17BrN2O2/c1-19-7-8-20-14-4-2-3-12(9-14)10-17-15-6-5-13(16)11-18-15/h2-6,9,11H,7-8,10H2,1H3,(H,17,18). The van der Waals surface area contributed by atoms with Gasteiger partial charge in [-0.05, 0) is 45.8 Å². The molecule has 2 aromatic rings. The van der Waals surface area contributed by atoms with Crippen LogP contribution in [-0.2, 0) is 11.3 Å². The number of hydrogen-bond donors (Lipinski definition) is 1. The second kappa shape index (κ2) is 7.87. The predicted octanol–water partition coefficient (Wildman–Crippen LogP) is 3.48. The molecule has 0 spiro atoms. The molecule has 1 heterocycles. The first-order chi connectivity index (χ1) is 9.78. The number of aromatic nitrogens is 1. The van der Waals surface area contributed by atoms with Gasteiger partial charge in [-0.1, -0.05) is 12.1 Å². The van der Waals surface area contributed by atoms with E-state index in [9.17, 15) is 0 Å². The highest BCUT2D eigenvalue weighted by molar-refractivity contribution is 9.10. The number of nitrogens with one attached hydrogen (secondary N) is 1. The Morgan fingerprint density at radius 2 is 2.10 bits per heavy atom. The lowest BCUT2D eigenvalue weighted by Crippen LogP contribution is -2.05. The van der Waals surface area contributed by atoms with Crippen LogP contribution in [0.25, 0.3) is 0 Å². The first-order valence-corrected chi connectivity index (χ1v) is 7.13. The highest BCUT2D eigenvalue weighted by Crippen LogP contribution is 2.15. The number of benzene rings is 1. The van der Waals surface area contributed by atoms with Crippen molar-refractivity contribution in [2.75, 3.05) is 25.6 Å². The molecule has 5 heteroatoms. The van der Waals surface area contributed by atoms with E-state index in [2.05, 4.69) is 32.3 Å². The highest BCUT2D eigenvalue weighted by Gasteiger charge is 1.98. The van der Waals surface area contributed by atoms with E-state index < -0.39 is 0 Å². The normalized spacial score (nSPS) is 10.3. The van der Waals surface area contributed by atoms with E-state index in [1.807, 2.05) is 30.3 Å². The van der Waals surface area contributed by atoms with Crippen molar-refractivity contribution in [1.82, 2.24) is 4.98 Å². The molecule has 0 aliphatic rings. The Hall–Kier alpha value is -1.59. The minimum atomic E-state index is 0.557. The van der Waals surface area contributed by atoms with Crippen LogP contribution >= 0.6 is 15.9 Å². The molecule has 0 aliphatic carbocycles. The Bertz CT molecular complexity index is 532. The summed E-state index contributed by atoms with van der Waals surface area (Å²) in [5, 5.41) is 3.27. The lowest BCUT2D eigenvalue weighted by molar-refractivity contribution is 0.146. The van der Waals surface area contributed by atoms with E-state index in [0.29, 0.717) is 19.8 Å². The van der Waals surface area contributed by atoms with E-state index in [1.54, 1.807) is 13.3 Å². The van der Waals surface area contributed by atoms with Crippen LogP contribution in [-0.4, -0.2) is 25.3 Å². The molecular weight excluding hydrogens is 320 g/mol. The number of halogens is 1. The number of methoxy groups -OCH3 is 1. The van der Waals surface area contributed by atoms with E-state index in [4.69, 9.17) is 9.47 Å². The molecule has 0 saturated heterocycles. The lowest BCUT2D eigenvalue weighted by Gasteiger charge is -2.09.